The molecule has 0 aliphatic rings. The molecule has 1 aromatic carbocycles. The molecule has 3 heteroatoms. The third-order valence-corrected chi connectivity index (χ3v) is 5.62. The van der Waals surface area contributed by atoms with E-state index in [0.29, 0.717) is 19.1 Å². The second-order valence-corrected chi connectivity index (χ2v) is 9.30. The lowest BCUT2D eigenvalue weighted by atomic mass is 9.77. The molecule has 0 radical (unpaired) electrons. The van der Waals surface area contributed by atoms with Crippen LogP contribution in [-0.4, -0.2) is 26.0 Å². The minimum Gasteiger partial charge on any atom is -0.388 e. The molecule has 0 bridgehead atoms. The third-order valence-electron chi connectivity index (χ3n) is 5.62. The molecule has 0 spiro atoms. The van der Waals surface area contributed by atoms with Crippen molar-refractivity contribution in [2.45, 2.75) is 86.0 Å². The molecule has 0 amide bonds. The Balaban J connectivity index is 3.38. The van der Waals surface area contributed by atoms with Crippen molar-refractivity contribution in [3.05, 3.63) is 29.3 Å². The molecule has 3 atom stereocenters. The van der Waals surface area contributed by atoms with Crippen LogP contribution in [0.3, 0.4) is 0 Å². The number of carbonyl (C=O) groups excluding carboxylic acids is 1. The van der Waals surface area contributed by atoms with Gasteiger partial charge in [0.05, 0.1) is 13.2 Å². The molecular weight excluding hydrogens is 346 g/mol. The van der Waals surface area contributed by atoms with Crippen LogP contribution in [0.5, 0.6) is 0 Å². The largest absolute Gasteiger partial charge is 0.388 e. The van der Waals surface area contributed by atoms with Crippen LogP contribution in [0.4, 0.5) is 5.69 Å². The van der Waals surface area contributed by atoms with Crippen molar-refractivity contribution in [1.82, 2.24) is 0 Å². The van der Waals surface area contributed by atoms with Gasteiger partial charge < -0.3 is 10.1 Å². The first-order valence-corrected chi connectivity index (χ1v) is 11.1. The summed E-state index contributed by atoms with van der Waals surface area (Å²) >= 11 is 0. The van der Waals surface area contributed by atoms with Gasteiger partial charge in [-0.2, -0.15) is 0 Å². The van der Waals surface area contributed by atoms with Crippen LogP contribution in [0, 0.1) is 11.3 Å². The first-order valence-electron chi connectivity index (χ1n) is 11.1. The highest BCUT2D eigenvalue weighted by atomic mass is 16.5. The molecule has 3 unspecified atom stereocenters. The number of Topliss-reactive ketones (excluding diaryl/α,β-unsaturated/α-hetero) is 1. The van der Waals surface area contributed by atoms with Crippen molar-refractivity contribution >= 4 is 11.5 Å². The van der Waals surface area contributed by atoms with E-state index in [1.807, 2.05) is 7.05 Å². The number of carbonyl (C=O) groups is 1. The summed E-state index contributed by atoms with van der Waals surface area (Å²) in [6.07, 6.45) is 4.29. The fraction of sp³-hybridized carbons (Fsp3) is 0.720. The second-order valence-electron chi connectivity index (χ2n) is 9.30. The maximum Gasteiger partial charge on any atom is 0.133 e. The Bertz CT molecular complexity index is 603. The lowest BCUT2D eigenvalue weighted by Gasteiger charge is -2.30. The molecular formula is C25H43NO2. The topological polar surface area (TPSA) is 38.3 Å². The lowest BCUT2D eigenvalue weighted by Crippen LogP contribution is -2.27. The van der Waals surface area contributed by atoms with E-state index in [9.17, 15) is 4.79 Å². The molecule has 1 aromatic rings. The van der Waals surface area contributed by atoms with Gasteiger partial charge >= 0.3 is 0 Å². The zero-order valence-electron chi connectivity index (χ0n) is 19.5. The third kappa shape index (κ3) is 7.24. The van der Waals surface area contributed by atoms with Gasteiger partial charge in [0.15, 0.2) is 0 Å². The van der Waals surface area contributed by atoms with Gasteiger partial charge in [0, 0.05) is 24.6 Å². The van der Waals surface area contributed by atoms with Gasteiger partial charge in [-0.3, -0.25) is 4.79 Å². The van der Waals surface area contributed by atoms with Crippen LogP contribution in [0.1, 0.15) is 97.1 Å². The van der Waals surface area contributed by atoms with Crippen molar-refractivity contribution in [1.29, 1.82) is 0 Å². The van der Waals surface area contributed by atoms with Crippen LogP contribution >= 0.6 is 0 Å². The smallest absolute Gasteiger partial charge is 0.133 e. The Morgan fingerprint density at radius 1 is 1.11 bits per heavy atom. The van der Waals surface area contributed by atoms with Crippen molar-refractivity contribution in [3.63, 3.8) is 0 Å². The normalized spacial score (nSPS) is 15.1. The number of anilines is 1. The number of ether oxygens (including phenoxy) is 1. The number of ketones is 1. The maximum atomic E-state index is 12.5. The predicted octanol–water partition coefficient (Wildman–Crippen LogP) is 6.78. The number of benzene rings is 1. The standard InChI is InChI=1S/C25H43NO2/c1-9-12-19(10-2)23-15-20(26-8)13-14-22(23)24(21(11-3)18(4)27)16-28-17-25(5,6)7/h13-15,19,21,24,26H,9-12,16-17H2,1-8H3. The summed E-state index contributed by atoms with van der Waals surface area (Å²) in [6, 6.07) is 6.67. The Labute approximate surface area is 173 Å². The second kappa shape index (κ2) is 11.6. The number of rotatable bonds is 12. The van der Waals surface area contributed by atoms with Crippen LogP contribution in [-0.2, 0) is 9.53 Å². The van der Waals surface area contributed by atoms with E-state index in [0.717, 1.165) is 24.9 Å². The SMILES string of the molecule is CCCC(CC)c1cc(NC)ccc1C(COCC(C)(C)C)C(CC)C(C)=O. The lowest BCUT2D eigenvalue weighted by molar-refractivity contribution is -0.122. The van der Waals surface area contributed by atoms with Gasteiger partial charge in [-0.05, 0) is 60.8 Å². The van der Waals surface area contributed by atoms with E-state index in [1.54, 1.807) is 6.92 Å². The summed E-state index contributed by atoms with van der Waals surface area (Å²) in [4.78, 5) is 12.5. The fourth-order valence-electron chi connectivity index (χ4n) is 4.12. The molecule has 160 valence electrons. The van der Waals surface area contributed by atoms with Crippen molar-refractivity contribution in [3.8, 4) is 0 Å². The van der Waals surface area contributed by atoms with Gasteiger partial charge in [-0.15, -0.1) is 0 Å². The van der Waals surface area contributed by atoms with Crippen molar-refractivity contribution in [2.24, 2.45) is 11.3 Å². The molecule has 0 aliphatic carbocycles. The minimum absolute atomic E-state index is 0.00159. The monoisotopic (exact) mass is 389 g/mol. The van der Waals surface area contributed by atoms with Crippen LogP contribution in [0.25, 0.3) is 0 Å². The highest BCUT2D eigenvalue weighted by Crippen LogP contribution is 2.38. The Morgan fingerprint density at radius 2 is 1.79 bits per heavy atom. The molecule has 0 saturated carbocycles. The van der Waals surface area contributed by atoms with E-state index in [4.69, 9.17) is 4.74 Å². The van der Waals surface area contributed by atoms with E-state index in [2.05, 4.69) is 65.1 Å². The maximum absolute atomic E-state index is 12.5. The summed E-state index contributed by atoms with van der Waals surface area (Å²) < 4.78 is 6.16. The Morgan fingerprint density at radius 3 is 2.25 bits per heavy atom. The van der Waals surface area contributed by atoms with E-state index < -0.39 is 0 Å². The van der Waals surface area contributed by atoms with E-state index in [1.165, 1.54) is 17.5 Å². The zero-order chi connectivity index (χ0) is 21.3. The number of hydrogen-bond acceptors (Lipinski definition) is 3. The summed E-state index contributed by atoms with van der Waals surface area (Å²) in [5.74, 6) is 0.886. The average molecular weight is 390 g/mol. The quantitative estimate of drug-likeness (QED) is 0.428. The first-order chi connectivity index (χ1) is 13.2. The molecule has 0 heterocycles. The summed E-state index contributed by atoms with van der Waals surface area (Å²) in [6.45, 7) is 16.2. The zero-order valence-corrected chi connectivity index (χ0v) is 19.5. The first kappa shape index (κ1) is 24.7. The average Bonchev–Trinajstić information content (AvgIpc) is 2.63. The number of nitrogens with one attached hydrogen (secondary N) is 1. The van der Waals surface area contributed by atoms with Crippen molar-refractivity contribution in [2.75, 3.05) is 25.6 Å². The van der Waals surface area contributed by atoms with Crippen LogP contribution in [0.2, 0.25) is 0 Å². The predicted molar refractivity (Wildman–Crippen MR) is 121 cm³/mol. The Hall–Kier alpha value is -1.35. The summed E-state index contributed by atoms with van der Waals surface area (Å²) in [5, 5.41) is 3.29. The molecule has 3 nitrogen and oxygen atoms in total. The molecule has 0 aromatic heterocycles. The molecule has 0 saturated heterocycles. The fourth-order valence-corrected chi connectivity index (χ4v) is 4.12. The van der Waals surface area contributed by atoms with Crippen molar-refractivity contribution < 1.29 is 9.53 Å². The molecule has 1 rings (SSSR count). The van der Waals surface area contributed by atoms with E-state index in [-0.39, 0.29) is 23.0 Å². The van der Waals surface area contributed by atoms with Gasteiger partial charge in [0.1, 0.15) is 5.78 Å². The van der Waals surface area contributed by atoms with Gasteiger partial charge in [0.25, 0.3) is 0 Å². The Kier molecular flexibility index (Phi) is 10.2. The highest BCUT2D eigenvalue weighted by Gasteiger charge is 2.30. The molecule has 0 aliphatic heterocycles. The van der Waals surface area contributed by atoms with Crippen LogP contribution < -0.4 is 5.32 Å². The van der Waals surface area contributed by atoms with Gasteiger partial charge in [0.2, 0.25) is 0 Å². The molecule has 28 heavy (non-hydrogen) atoms. The molecule has 1 N–H and O–H groups in total. The van der Waals surface area contributed by atoms with Gasteiger partial charge in [-0.1, -0.05) is 54.0 Å². The molecule has 0 fully saturated rings. The minimum atomic E-state index is -0.00159. The summed E-state index contributed by atoms with van der Waals surface area (Å²) in [7, 11) is 1.97. The van der Waals surface area contributed by atoms with E-state index >= 15 is 0 Å². The summed E-state index contributed by atoms with van der Waals surface area (Å²) in [5.41, 5.74) is 3.95. The highest BCUT2D eigenvalue weighted by molar-refractivity contribution is 5.79. The van der Waals surface area contributed by atoms with Crippen LogP contribution in [0.15, 0.2) is 18.2 Å². The van der Waals surface area contributed by atoms with Gasteiger partial charge in [-0.25, -0.2) is 0 Å². The number of hydrogen-bond donors (Lipinski definition) is 1.